The molecule has 0 amide bonds. The third-order valence-corrected chi connectivity index (χ3v) is 2.44. The Balaban J connectivity index is 2.27. The molecule has 0 spiro atoms. The van der Waals surface area contributed by atoms with Crippen LogP contribution < -0.4 is 5.32 Å². The van der Waals surface area contributed by atoms with E-state index in [0.29, 0.717) is 0 Å². The van der Waals surface area contributed by atoms with Crippen molar-refractivity contribution in [1.82, 2.24) is 0 Å². The highest BCUT2D eigenvalue weighted by atomic mass is 16.5. The van der Waals surface area contributed by atoms with Crippen molar-refractivity contribution < 1.29 is 9.53 Å². The molecule has 2 rings (SSSR count). The summed E-state index contributed by atoms with van der Waals surface area (Å²) in [7, 11) is 1.38. The standard InChI is InChI=1S/C13H13NO2/c1-16-13(15)9-14-12-8-4-6-10-5-2-3-7-11(10)12/h2-8,14H,9H2,1H3. The maximum absolute atomic E-state index is 11.0. The predicted molar refractivity (Wildman–Crippen MR) is 64.5 cm³/mol. The van der Waals surface area contributed by atoms with Crippen molar-refractivity contribution in [3.63, 3.8) is 0 Å². The molecule has 0 aliphatic heterocycles. The maximum Gasteiger partial charge on any atom is 0.325 e. The van der Waals surface area contributed by atoms with Crippen molar-refractivity contribution >= 4 is 22.4 Å². The summed E-state index contributed by atoms with van der Waals surface area (Å²) in [6.07, 6.45) is 0. The van der Waals surface area contributed by atoms with E-state index in [9.17, 15) is 4.79 Å². The highest BCUT2D eigenvalue weighted by Gasteiger charge is 2.02. The molecule has 0 aliphatic rings. The molecule has 0 saturated carbocycles. The molecule has 2 aromatic rings. The van der Waals surface area contributed by atoms with E-state index in [0.717, 1.165) is 16.5 Å². The van der Waals surface area contributed by atoms with Crippen LogP contribution in [-0.4, -0.2) is 19.6 Å². The zero-order valence-electron chi connectivity index (χ0n) is 9.07. The van der Waals surface area contributed by atoms with Crippen molar-refractivity contribution in [2.24, 2.45) is 0 Å². The first-order chi connectivity index (χ1) is 7.81. The van der Waals surface area contributed by atoms with Gasteiger partial charge in [0.1, 0.15) is 6.54 Å². The number of esters is 1. The van der Waals surface area contributed by atoms with Gasteiger partial charge in [0.05, 0.1) is 7.11 Å². The lowest BCUT2D eigenvalue weighted by atomic mass is 10.1. The van der Waals surface area contributed by atoms with E-state index in [1.165, 1.54) is 7.11 Å². The largest absolute Gasteiger partial charge is 0.468 e. The van der Waals surface area contributed by atoms with Crippen LogP contribution in [0.25, 0.3) is 10.8 Å². The number of methoxy groups -OCH3 is 1. The van der Waals surface area contributed by atoms with Crippen molar-refractivity contribution in [1.29, 1.82) is 0 Å². The lowest BCUT2D eigenvalue weighted by molar-refractivity contribution is -0.138. The van der Waals surface area contributed by atoms with E-state index in [2.05, 4.69) is 10.1 Å². The lowest BCUT2D eigenvalue weighted by Gasteiger charge is -2.08. The normalized spacial score (nSPS) is 10.1. The monoisotopic (exact) mass is 215 g/mol. The van der Waals surface area contributed by atoms with Crippen molar-refractivity contribution in [3.05, 3.63) is 42.5 Å². The van der Waals surface area contributed by atoms with Gasteiger partial charge in [-0.3, -0.25) is 4.79 Å². The number of hydrogen-bond acceptors (Lipinski definition) is 3. The Kier molecular flexibility index (Phi) is 3.05. The SMILES string of the molecule is COC(=O)CNc1cccc2ccccc12. The van der Waals surface area contributed by atoms with Gasteiger partial charge in [0, 0.05) is 11.1 Å². The summed E-state index contributed by atoms with van der Waals surface area (Å²) in [5.74, 6) is -0.270. The van der Waals surface area contributed by atoms with E-state index in [4.69, 9.17) is 0 Å². The molecule has 2 aromatic carbocycles. The summed E-state index contributed by atoms with van der Waals surface area (Å²) in [5.41, 5.74) is 0.948. The van der Waals surface area contributed by atoms with Crippen molar-refractivity contribution in [2.75, 3.05) is 19.0 Å². The number of benzene rings is 2. The van der Waals surface area contributed by atoms with Gasteiger partial charge in [-0.25, -0.2) is 0 Å². The van der Waals surface area contributed by atoms with Gasteiger partial charge >= 0.3 is 5.97 Å². The predicted octanol–water partition coefficient (Wildman–Crippen LogP) is 2.42. The highest BCUT2D eigenvalue weighted by molar-refractivity contribution is 5.94. The zero-order chi connectivity index (χ0) is 11.4. The first kappa shape index (κ1) is 10.5. The Hall–Kier alpha value is -2.03. The molecule has 0 radical (unpaired) electrons. The van der Waals surface area contributed by atoms with Crippen LogP contribution in [0, 0.1) is 0 Å². The van der Waals surface area contributed by atoms with Gasteiger partial charge in [0.25, 0.3) is 0 Å². The van der Waals surface area contributed by atoms with Crippen molar-refractivity contribution in [3.8, 4) is 0 Å². The highest BCUT2D eigenvalue weighted by Crippen LogP contribution is 2.22. The summed E-state index contributed by atoms with van der Waals surface area (Å²) in [4.78, 5) is 11.0. The fourth-order valence-electron chi connectivity index (χ4n) is 1.62. The fourth-order valence-corrected chi connectivity index (χ4v) is 1.62. The van der Waals surface area contributed by atoms with E-state index in [-0.39, 0.29) is 12.5 Å². The molecular weight excluding hydrogens is 202 g/mol. The van der Waals surface area contributed by atoms with Crippen LogP contribution >= 0.6 is 0 Å². The first-order valence-electron chi connectivity index (χ1n) is 5.09. The van der Waals surface area contributed by atoms with Crippen molar-refractivity contribution in [2.45, 2.75) is 0 Å². The minimum atomic E-state index is -0.270. The second-order valence-electron chi connectivity index (χ2n) is 3.46. The van der Waals surface area contributed by atoms with E-state index in [1.807, 2.05) is 42.5 Å². The molecule has 3 nitrogen and oxygen atoms in total. The van der Waals surface area contributed by atoms with Gasteiger partial charge in [-0.15, -0.1) is 0 Å². The summed E-state index contributed by atoms with van der Waals surface area (Å²) >= 11 is 0. The number of rotatable bonds is 3. The van der Waals surface area contributed by atoms with Crippen LogP contribution in [0.15, 0.2) is 42.5 Å². The molecule has 0 fully saturated rings. The molecular formula is C13H13NO2. The van der Waals surface area contributed by atoms with Crippen LogP contribution in [0.1, 0.15) is 0 Å². The number of anilines is 1. The van der Waals surface area contributed by atoms with Crippen LogP contribution in [0.5, 0.6) is 0 Å². The van der Waals surface area contributed by atoms with Gasteiger partial charge in [0.2, 0.25) is 0 Å². The van der Waals surface area contributed by atoms with Gasteiger partial charge in [0.15, 0.2) is 0 Å². The zero-order valence-corrected chi connectivity index (χ0v) is 9.07. The summed E-state index contributed by atoms with van der Waals surface area (Å²) in [6, 6.07) is 14.0. The van der Waals surface area contributed by atoms with Gasteiger partial charge < -0.3 is 10.1 Å². The minimum Gasteiger partial charge on any atom is -0.468 e. The lowest BCUT2D eigenvalue weighted by Crippen LogP contribution is -2.14. The van der Waals surface area contributed by atoms with Gasteiger partial charge in [-0.2, -0.15) is 0 Å². The Morgan fingerprint density at radius 3 is 2.75 bits per heavy atom. The molecule has 0 heterocycles. The molecule has 3 heteroatoms. The third-order valence-electron chi connectivity index (χ3n) is 2.44. The second kappa shape index (κ2) is 4.66. The summed E-state index contributed by atoms with van der Waals surface area (Å²) in [6.45, 7) is 0.185. The quantitative estimate of drug-likeness (QED) is 0.799. The average molecular weight is 215 g/mol. The number of hydrogen-bond donors (Lipinski definition) is 1. The maximum atomic E-state index is 11.0. The molecule has 82 valence electrons. The molecule has 0 saturated heterocycles. The number of nitrogens with one attached hydrogen (secondary N) is 1. The van der Waals surface area contributed by atoms with Crippen LogP contribution in [0.4, 0.5) is 5.69 Å². The average Bonchev–Trinajstić information content (AvgIpc) is 2.35. The molecule has 16 heavy (non-hydrogen) atoms. The number of carbonyl (C=O) groups is 1. The molecule has 0 aromatic heterocycles. The molecule has 0 aliphatic carbocycles. The second-order valence-corrected chi connectivity index (χ2v) is 3.46. The number of ether oxygens (including phenoxy) is 1. The van der Waals surface area contributed by atoms with E-state index >= 15 is 0 Å². The summed E-state index contributed by atoms with van der Waals surface area (Å²) in [5, 5.41) is 5.32. The van der Waals surface area contributed by atoms with Crippen LogP contribution in [0.3, 0.4) is 0 Å². The van der Waals surface area contributed by atoms with Gasteiger partial charge in [-0.05, 0) is 11.5 Å². The Morgan fingerprint density at radius 2 is 1.94 bits per heavy atom. The smallest absolute Gasteiger partial charge is 0.325 e. The number of carbonyl (C=O) groups excluding carboxylic acids is 1. The van der Waals surface area contributed by atoms with Gasteiger partial charge in [-0.1, -0.05) is 36.4 Å². The minimum absolute atomic E-state index is 0.185. The Labute approximate surface area is 94.0 Å². The molecule has 0 atom stereocenters. The van der Waals surface area contributed by atoms with E-state index in [1.54, 1.807) is 0 Å². The third kappa shape index (κ3) is 2.14. The molecule has 1 N–H and O–H groups in total. The van der Waals surface area contributed by atoms with Crippen LogP contribution in [-0.2, 0) is 9.53 Å². The summed E-state index contributed by atoms with van der Waals surface area (Å²) < 4.78 is 4.58. The van der Waals surface area contributed by atoms with E-state index < -0.39 is 0 Å². The van der Waals surface area contributed by atoms with Crippen LogP contribution in [0.2, 0.25) is 0 Å². The Bertz CT molecular complexity index is 503. The fraction of sp³-hybridized carbons (Fsp3) is 0.154. The Morgan fingerprint density at radius 1 is 1.19 bits per heavy atom. The molecule has 0 bridgehead atoms. The molecule has 0 unspecified atom stereocenters. The topological polar surface area (TPSA) is 38.3 Å². The first-order valence-corrected chi connectivity index (χ1v) is 5.09. The number of fused-ring (bicyclic) bond motifs is 1.